The molecule has 13 heavy (non-hydrogen) atoms. The molecule has 0 bridgehead atoms. The Bertz CT molecular complexity index is 298. The van der Waals surface area contributed by atoms with E-state index in [9.17, 15) is 4.79 Å². The highest BCUT2D eigenvalue weighted by atomic mass is 16.1. The van der Waals surface area contributed by atoms with Gasteiger partial charge < -0.3 is 5.73 Å². The van der Waals surface area contributed by atoms with Crippen molar-refractivity contribution >= 4 is 5.91 Å². The molecule has 0 spiro atoms. The molecule has 0 unspecified atom stereocenters. The van der Waals surface area contributed by atoms with E-state index in [1.165, 1.54) is 16.7 Å². The summed E-state index contributed by atoms with van der Waals surface area (Å²) in [5.74, 6) is -0.234. The van der Waals surface area contributed by atoms with E-state index in [-0.39, 0.29) is 5.91 Å². The fourth-order valence-electron chi connectivity index (χ4n) is 1.49. The zero-order chi connectivity index (χ0) is 9.84. The van der Waals surface area contributed by atoms with Crippen LogP contribution in [0, 0.1) is 13.8 Å². The van der Waals surface area contributed by atoms with E-state index in [2.05, 4.69) is 26.0 Å². The second kappa shape index (κ2) is 4.08. The quantitative estimate of drug-likeness (QED) is 0.750. The molecule has 0 aromatic heterocycles. The number of amides is 1. The highest BCUT2D eigenvalue weighted by Gasteiger charge is 2.03. The van der Waals surface area contributed by atoms with E-state index < -0.39 is 0 Å². The minimum absolute atomic E-state index is 0.234. The normalized spacial score (nSPS) is 10.0. The van der Waals surface area contributed by atoms with Crippen LogP contribution in [-0.4, -0.2) is 5.91 Å². The molecule has 1 amide bonds. The predicted octanol–water partition coefficient (Wildman–Crippen LogP) is 1.72. The first-order valence-electron chi connectivity index (χ1n) is 4.44. The molecule has 2 nitrogen and oxygen atoms in total. The fourth-order valence-corrected chi connectivity index (χ4v) is 1.49. The maximum absolute atomic E-state index is 10.6. The number of benzene rings is 1. The molecule has 0 saturated carbocycles. The molecule has 0 fully saturated rings. The van der Waals surface area contributed by atoms with Crippen LogP contribution >= 0.6 is 0 Å². The molecule has 2 N–H and O–H groups in total. The van der Waals surface area contributed by atoms with Crippen LogP contribution in [0.1, 0.15) is 23.1 Å². The Morgan fingerprint density at radius 3 is 2.31 bits per heavy atom. The van der Waals surface area contributed by atoms with Crippen molar-refractivity contribution in [2.24, 2.45) is 5.73 Å². The molecule has 1 aromatic carbocycles. The van der Waals surface area contributed by atoms with Crippen LogP contribution in [0.15, 0.2) is 18.2 Å². The van der Waals surface area contributed by atoms with Gasteiger partial charge in [-0.25, -0.2) is 0 Å². The summed E-state index contributed by atoms with van der Waals surface area (Å²) >= 11 is 0. The average Bonchev–Trinajstić information content (AvgIpc) is 2.03. The number of nitrogens with two attached hydrogens (primary N) is 1. The van der Waals surface area contributed by atoms with E-state index in [0.29, 0.717) is 6.42 Å². The Kier molecular flexibility index (Phi) is 3.07. The van der Waals surface area contributed by atoms with Gasteiger partial charge in [-0.15, -0.1) is 0 Å². The minimum atomic E-state index is -0.234. The number of hydrogen-bond acceptors (Lipinski definition) is 1. The Hall–Kier alpha value is -1.31. The highest BCUT2D eigenvalue weighted by molar-refractivity contribution is 5.74. The third-order valence-electron chi connectivity index (χ3n) is 2.27. The smallest absolute Gasteiger partial charge is 0.217 e. The van der Waals surface area contributed by atoms with Crippen LogP contribution in [0.2, 0.25) is 0 Å². The SMILES string of the molecule is Cc1cccc(C)c1CCC(N)=O. The first-order chi connectivity index (χ1) is 6.11. The van der Waals surface area contributed by atoms with E-state index in [1.54, 1.807) is 0 Å². The van der Waals surface area contributed by atoms with Crippen LogP contribution in [0.4, 0.5) is 0 Å². The average molecular weight is 177 g/mol. The topological polar surface area (TPSA) is 43.1 Å². The van der Waals surface area contributed by atoms with Crippen LogP contribution in [-0.2, 0) is 11.2 Å². The van der Waals surface area contributed by atoms with Crippen molar-refractivity contribution in [3.63, 3.8) is 0 Å². The molecular formula is C11H15NO. The zero-order valence-corrected chi connectivity index (χ0v) is 8.13. The van der Waals surface area contributed by atoms with Gasteiger partial charge in [-0.2, -0.15) is 0 Å². The molecule has 0 radical (unpaired) electrons. The van der Waals surface area contributed by atoms with E-state index >= 15 is 0 Å². The van der Waals surface area contributed by atoms with Crippen molar-refractivity contribution in [3.8, 4) is 0 Å². The van der Waals surface area contributed by atoms with Gasteiger partial charge in [0.25, 0.3) is 0 Å². The first-order valence-corrected chi connectivity index (χ1v) is 4.44. The molecule has 0 heterocycles. The second-order valence-electron chi connectivity index (χ2n) is 3.34. The predicted molar refractivity (Wildman–Crippen MR) is 53.4 cm³/mol. The van der Waals surface area contributed by atoms with Crippen molar-refractivity contribution in [1.82, 2.24) is 0 Å². The molecule has 2 heteroatoms. The summed E-state index contributed by atoms with van der Waals surface area (Å²) < 4.78 is 0. The van der Waals surface area contributed by atoms with E-state index in [1.807, 2.05) is 6.07 Å². The minimum Gasteiger partial charge on any atom is -0.370 e. The summed E-state index contributed by atoms with van der Waals surface area (Å²) in [5, 5.41) is 0. The van der Waals surface area contributed by atoms with Crippen LogP contribution < -0.4 is 5.73 Å². The Morgan fingerprint density at radius 1 is 1.31 bits per heavy atom. The first kappa shape index (κ1) is 9.78. The zero-order valence-electron chi connectivity index (χ0n) is 8.13. The van der Waals surface area contributed by atoms with Gasteiger partial charge in [0.15, 0.2) is 0 Å². The Morgan fingerprint density at radius 2 is 1.85 bits per heavy atom. The third-order valence-corrected chi connectivity index (χ3v) is 2.27. The summed E-state index contributed by atoms with van der Waals surface area (Å²) in [6, 6.07) is 6.14. The lowest BCUT2D eigenvalue weighted by atomic mass is 9.99. The largest absolute Gasteiger partial charge is 0.370 e. The second-order valence-corrected chi connectivity index (χ2v) is 3.34. The maximum atomic E-state index is 10.6. The number of carbonyl (C=O) groups excluding carboxylic acids is 1. The Labute approximate surface area is 78.8 Å². The van der Waals surface area contributed by atoms with Crippen LogP contribution in [0.25, 0.3) is 0 Å². The number of aryl methyl sites for hydroxylation is 2. The summed E-state index contributed by atoms with van der Waals surface area (Å²) in [6.45, 7) is 4.12. The highest BCUT2D eigenvalue weighted by Crippen LogP contribution is 2.14. The van der Waals surface area contributed by atoms with Gasteiger partial charge in [-0.05, 0) is 37.0 Å². The summed E-state index contributed by atoms with van der Waals surface area (Å²) in [7, 11) is 0. The maximum Gasteiger partial charge on any atom is 0.217 e. The summed E-state index contributed by atoms with van der Waals surface area (Å²) in [6.07, 6.45) is 1.19. The molecular weight excluding hydrogens is 162 g/mol. The molecule has 0 aliphatic heterocycles. The third kappa shape index (κ3) is 2.58. The van der Waals surface area contributed by atoms with Crippen molar-refractivity contribution in [3.05, 3.63) is 34.9 Å². The molecule has 0 aliphatic rings. The molecule has 1 aromatic rings. The molecule has 1 rings (SSSR count). The fraction of sp³-hybridized carbons (Fsp3) is 0.364. The van der Waals surface area contributed by atoms with Crippen molar-refractivity contribution in [2.45, 2.75) is 26.7 Å². The van der Waals surface area contributed by atoms with E-state index in [0.717, 1.165) is 6.42 Å². The van der Waals surface area contributed by atoms with Crippen molar-refractivity contribution < 1.29 is 4.79 Å². The standard InChI is InChI=1S/C11H15NO/c1-8-4-3-5-9(2)10(8)6-7-11(12)13/h3-5H,6-7H2,1-2H3,(H2,12,13). The number of hydrogen-bond donors (Lipinski definition) is 1. The molecule has 0 aliphatic carbocycles. The number of primary amides is 1. The van der Waals surface area contributed by atoms with Gasteiger partial charge in [0, 0.05) is 6.42 Å². The molecule has 0 saturated heterocycles. The molecule has 70 valence electrons. The van der Waals surface area contributed by atoms with Crippen molar-refractivity contribution in [1.29, 1.82) is 0 Å². The van der Waals surface area contributed by atoms with Crippen LogP contribution in [0.3, 0.4) is 0 Å². The van der Waals surface area contributed by atoms with Crippen molar-refractivity contribution in [2.75, 3.05) is 0 Å². The van der Waals surface area contributed by atoms with Gasteiger partial charge in [-0.1, -0.05) is 18.2 Å². The number of rotatable bonds is 3. The lowest BCUT2D eigenvalue weighted by molar-refractivity contribution is -0.117. The Balaban J connectivity index is 2.81. The van der Waals surface area contributed by atoms with Gasteiger partial charge in [0.05, 0.1) is 0 Å². The number of carbonyl (C=O) groups is 1. The van der Waals surface area contributed by atoms with Gasteiger partial charge in [-0.3, -0.25) is 4.79 Å². The lowest BCUT2D eigenvalue weighted by Crippen LogP contribution is -2.12. The van der Waals surface area contributed by atoms with Gasteiger partial charge >= 0.3 is 0 Å². The van der Waals surface area contributed by atoms with Gasteiger partial charge in [0.1, 0.15) is 0 Å². The monoisotopic (exact) mass is 177 g/mol. The summed E-state index contributed by atoms with van der Waals surface area (Å²) in [5.41, 5.74) is 8.83. The van der Waals surface area contributed by atoms with Crippen LogP contribution in [0.5, 0.6) is 0 Å². The molecule has 0 atom stereocenters. The van der Waals surface area contributed by atoms with Gasteiger partial charge in [0.2, 0.25) is 5.91 Å². The van der Waals surface area contributed by atoms with E-state index in [4.69, 9.17) is 5.73 Å². The summed E-state index contributed by atoms with van der Waals surface area (Å²) in [4.78, 5) is 10.6. The lowest BCUT2D eigenvalue weighted by Gasteiger charge is -2.07.